The zero-order chi connectivity index (χ0) is 9.68. The predicted octanol–water partition coefficient (Wildman–Crippen LogP) is 3.07. The molecule has 0 saturated carbocycles. The van der Waals surface area contributed by atoms with E-state index < -0.39 is 0 Å². The molecule has 1 heterocycles. The molecule has 1 aliphatic heterocycles. The van der Waals surface area contributed by atoms with Crippen LogP contribution in [0.25, 0.3) is 0 Å². The molecule has 0 bridgehead atoms. The van der Waals surface area contributed by atoms with Gasteiger partial charge in [0.15, 0.2) is 0 Å². The Morgan fingerprint density at radius 3 is 2.77 bits per heavy atom. The monoisotopic (exact) mass is 181 g/mol. The Bertz CT molecular complexity index is 172. The van der Waals surface area contributed by atoms with Crippen LogP contribution >= 0.6 is 0 Å². The summed E-state index contributed by atoms with van der Waals surface area (Å²) >= 11 is 0. The quantitative estimate of drug-likeness (QED) is 0.602. The first-order chi connectivity index (χ1) is 6.26. The van der Waals surface area contributed by atoms with Gasteiger partial charge >= 0.3 is 0 Å². The summed E-state index contributed by atoms with van der Waals surface area (Å²) in [7, 11) is 0. The summed E-state index contributed by atoms with van der Waals surface area (Å²) in [4.78, 5) is 2.58. The third kappa shape index (κ3) is 3.51. The van der Waals surface area contributed by atoms with Crippen molar-refractivity contribution in [3.05, 3.63) is 11.6 Å². The van der Waals surface area contributed by atoms with Crippen molar-refractivity contribution >= 4 is 0 Å². The van der Waals surface area contributed by atoms with Gasteiger partial charge in [0.25, 0.3) is 0 Å². The summed E-state index contributed by atoms with van der Waals surface area (Å²) in [5.41, 5.74) is 1.53. The fourth-order valence-electron chi connectivity index (χ4n) is 1.84. The third-order valence-electron chi connectivity index (χ3n) is 3.20. The molecule has 1 nitrogen and oxygen atoms in total. The summed E-state index contributed by atoms with van der Waals surface area (Å²) < 4.78 is 0. The first kappa shape index (κ1) is 10.8. The van der Waals surface area contributed by atoms with Gasteiger partial charge in [-0.2, -0.15) is 0 Å². The van der Waals surface area contributed by atoms with E-state index in [4.69, 9.17) is 0 Å². The normalized spacial score (nSPS) is 25.5. The molecule has 0 radical (unpaired) electrons. The molecule has 0 aromatic heterocycles. The van der Waals surface area contributed by atoms with Gasteiger partial charge in [0.2, 0.25) is 0 Å². The Balaban J connectivity index is 2.24. The highest BCUT2D eigenvalue weighted by Crippen LogP contribution is 2.18. The van der Waals surface area contributed by atoms with E-state index in [0.29, 0.717) is 0 Å². The first-order valence-electron chi connectivity index (χ1n) is 5.64. The largest absolute Gasteiger partial charge is 0.299 e. The van der Waals surface area contributed by atoms with Crippen molar-refractivity contribution in [2.45, 2.75) is 40.0 Å². The van der Waals surface area contributed by atoms with Crippen LogP contribution in [0.4, 0.5) is 0 Å². The summed E-state index contributed by atoms with van der Waals surface area (Å²) in [6.07, 6.45) is 6.35. The maximum Gasteiger partial charge on any atom is 0.0165 e. The van der Waals surface area contributed by atoms with Crippen LogP contribution in [0.5, 0.6) is 0 Å². The highest BCUT2D eigenvalue weighted by molar-refractivity contribution is 4.98. The highest BCUT2D eigenvalue weighted by atomic mass is 15.1. The molecule has 0 aromatic rings. The smallest absolute Gasteiger partial charge is 0.0165 e. The van der Waals surface area contributed by atoms with Gasteiger partial charge in [-0.3, -0.25) is 4.90 Å². The van der Waals surface area contributed by atoms with Crippen LogP contribution in [0.1, 0.15) is 40.0 Å². The molecule has 0 aromatic carbocycles. The summed E-state index contributed by atoms with van der Waals surface area (Å²) in [6.45, 7) is 10.6. The number of rotatable bonds is 4. The molecule has 1 aliphatic rings. The van der Waals surface area contributed by atoms with Gasteiger partial charge in [-0.25, -0.2) is 0 Å². The van der Waals surface area contributed by atoms with Crippen LogP contribution in [-0.2, 0) is 0 Å². The minimum atomic E-state index is 0.968. The molecule has 0 N–H and O–H groups in total. The van der Waals surface area contributed by atoms with Crippen LogP contribution in [-0.4, -0.2) is 24.5 Å². The lowest BCUT2D eigenvalue weighted by atomic mass is 10.1. The summed E-state index contributed by atoms with van der Waals surface area (Å²) in [5, 5.41) is 0. The van der Waals surface area contributed by atoms with Crippen LogP contribution in [0, 0.1) is 5.92 Å². The van der Waals surface area contributed by atoms with Crippen molar-refractivity contribution in [2.75, 3.05) is 19.6 Å². The van der Waals surface area contributed by atoms with Crippen molar-refractivity contribution in [3.63, 3.8) is 0 Å². The van der Waals surface area contributed by atoms with Crippen LogP contribution in [0.15, 0.2) is 11.6 Å². The van der Waals surface area contributed by atoms with Gasteiger partial charge in [0.05, 0.1) is 0 Å². The van der Waals surface area contributed by atoms with E-state index in [1.807, 2.05) is 0 Å². The maximum atomic E-state index is 2.58. The average molecular weight is 181 g/mol. The molecular weight excluding hydrogens is 158 g/mol. The molecule has 0 spiro atoms. The first-order valence-corrected chi connectivity index (χ1v) is 5.64. The van der Waals surface area contributed by atoms with Gasteiger partial charge in [-0.1, -0.05) is 31.9 Å². The Kier molecular flexibility index (Phi) is 4.51. The van der Waals surface area contributed by atoms with Crippen molar-refractivity contribution in [3.8, 4) is 0 Å². The molecule has 1 heteroatoms. The van der Waals surface area contributed by atoms with Crippen molar-refractivity contribution in [1.82, 2.24) is 4.90 Å². The lowest BCUT2D eigenvalue weighted by Gasteiger charge is -2.13. The molecule has 1 fully saturated rings. The van der Waals surface area contributed by atoms with Gasteiger partial charge in [0, 0.05) is 13.1 Å². The number of hydrogen-bond acceptors (Lipinski definition) is 1. The lowest BCUT2D eigenvalue weighted by Crippen LogP contribution is -2.20. The van der Waals surface area contributed by atoms with Crippen LogP contribution < -0.4 is 0 Å². The van der Waals surface area contributed by atoms with E-state index in [1.165, 1.54) is 44.5 Å². The van der Waals surface area contributed by atoms with Gasteiger partial charge < -0.3 is 0 Å². The molecular formula is C12H23N. The number of nitrogens with zero attached hydrogens (tertiary/aromatic N) is 1. The van der Waals surface area contributed by atoms with E-state index in [2.05, 4.69) is 31.7 Å². The van der Waals surface area contributed by atoms with Gasteiger partial charge in [-0.05, 0) is 32.2 Å². The minimum Gasteiger partial charge on any atom is -0.299 e. The van der Waals surface area contributed by atoms with E-state index in [-0.39, 0.29) is 0 Å². The SMILES string of the molecule is CC/C(C)=C/CN1CC[C@@H](CC)C1. The number of allylic oxidation sites excluding steroid dienone is 1. The lowest BCUT2D eigenvalue weighted by molar-refractivity contribution is 0.356. The zero-order valence-corrected chi connectivity index (χ0v) is 9.34. The van der Waals surface area contributed by atoms with E-state index >= 15 is 0 Å². The summed E-state index contributed by atoms with van der Waals surface area (Å²) in [6, 6.07) is 0. The molecule has 0 unspecified atom stereocenters. The van der Waals surface area contributed by atoms with E-state index in [9.17, 15) is 0 Å². The highest BCUT2D eigenvalue weighted by Gasteiger charge is 2.19. The standard InChI is InChI=1S/C12H23N/c1-4-11(3)6-8-13-9-7-12(5-2)10-13/h6,12H,4-5,7-10H2,1-3H3/b11-6+/t12-/m1/s1. The molecule has 1 rings (SSSR count). The van der Waals surface area contributed by atoms with Gasteiger partial charge in [-0.15, -0.1) is 0 Å². The Morgan fingerprint density at radius 2 is 2.23 bits per heavy atom. The van der Waals surface area contributed by atoms with Gasteiger partial charge in [0.1, 0.15) is 0 Å². The van der Waals surface area contributed by atoms with Crippen molar-refractivity contribution in [2.24, 2.45) is 5.92 Å². The molecule has 0 amide bonds. The number of likely N-dealkylation sites (tertiary alicyclic amines) is 1. The maximum absolute atomic E-state index is 2.58. The van der Waals surface area contributed by atoms with Crippen molar-refractivity contribution < 1.29 is 0 Å². The zero-order valence-electron chi connectivity index (χ0n) is 9.34. The molecule has 0 aliphatic carbocycles. The fourth-order valence-corrected chi connectivity index (χ4v) is 1.84. The second kappa shape index (κ2) is 5.43. The Morgan fingerprint density at radius 1 is 1.46 bits per heavy atom. The van der Waals surface area contributed by atoms with Crippen LogP contribution in [0.3, 0.4) is 0 Å². The molecule has 1 atom stereocenters. The predicted molar refractivity (Wildman–Crippen MR) is 58.9 cm³/mol. The average Bonchev–Trinajstić information content (AvgIpc) is 2.61. The Hall–Kier alpha value is -0.300. The molecule has 76 valence electrons. The molecule has 13 heavy (non-hydrogen) atoms. The third-order valence-corrected chi connectivity index (χ3v) is 3.20. The minimum absolute atomic E-state index is 0.968. The van der Waals surface area contributed by atoms with Crippen molar-refractivity contribution in [1.29, 1.82) is 0 Å². The topological polar surface area (TPSA) is 3.24 Å². The molecule has 1 saturated heterocycles. The fraction of sp³-hybridized carbons (Fsp3) is 0.833. The Labute approximate surface area is 82.8 Å². The number of hydrogen-bond donors (Lipinski definition) is 0. The second-order valence-corrected chi connectivity index (χ2v) is 4.23. The van der Waals surface area contributed by atoms with Crippen LogP contribution in [0.2, 0.25) is 0 Å². The van der Waals surface area contributed by atoms with E-state index in [1.54, 1.807) is 0 Å². The van der Waals surface area contributed by atoms with E-state index in [0.717, 1.165) is 5.92 Å². The summed E-state index contributed by atoms with van der Waals surface area (Å²) in [5.74, 6) is 0.968. The second-order valence-electron chi connectivity index (χ2n) is 4.23.